The number of hydrogen-bond acceptors (Lipinski definition) is 10. The number of fused-ring (bicyclic) bond motifs is 18. The number of benzene rings is 1. The highest BCUT2D eigenvalue weighted by molar-refractivity contribution is 6.31. The van der Waals surface area contributed by atoms with E-state index >= 15 is 0 Å². The lowest BCUT2D eigenvalue weighted by atomic mass is 9.82. The Hall–Kier alpha value is -4.97. The van der Waals surface area contributed by atoms with E-state index in [9.17, 15) is 44.4 Å². The molecule has 2 aliphatic heterocycles. The van der Waals surface area contributed by atoms with Crippen LogP contribution in [0.5, 0.6) is 5.75 Å². The molecule has 1 aromatic rings. The van der Waals surface area contributed by atoms with Gasteiger partial charge in [0.05, 0.1) is 36.5 Å². The zero-order valence-corrected chi connectivity index (χ0v) is 30.9. The van der Waals surface area contributed by atoms with Gasteiger partial charge in [-0.25, -0.2) is 0 Å². The first-order chi connectivity index (χ1) is 24.4. The highest BCUT2D eigenvalue weighted by atomic mass is 16.5. The van der Waals surface area contributed by atoms with Crippen LogP contribution in [0.2, 0.25) is 0 Å². The molecule has 6 atom stereocenters. The summed E-state index contributed by atoms with van der Waals surface area (Å²) in [5, 5.41) is 45.7. The predicted molar refractivity (Wildman–Crippen MR) is 196 cm³/mol. The van der Waals surface area contributed by atoms with Crippen LogP contribution in [0.15, 0.2) is 88.9 Å². The maximum atomic E-state index is 13.9. The number of ether oxygens (including phenoxy) is 1. The van der Waals surface area contributed by atoms with Crippen molar-refractivity contribution in [1.82, 2.24) is 5.32 Å². The van der Waals surface area contributed by atoms with E-state index in [1.54, 1.807) is 64.2 Å². The van der Waals surface area contributed by atoms with Crippen LogP contribution in [-0.4, -0.2) is 74.9 Å². The number of aliphatic hydroxyl groups is 3. The fraction of sp³-hybridized carbons (Fsp3) is 0.390. The van der Waals surface area contributed by atoms with Gasteiger partial charge < -0.3 is 30.5 Å². The minimum atomic E-state index is -1.01. The van der Waals surface area contributed by atoms with E-state index in [1.165, 1.54) is 45.1 Å². The molecule has 0 aromatic heterocycles. The van der Waals surface area contributed by atoms with Crippen molar-refractivity contribution in [2.75, 3.05) is 7.11 Å². The molecule has 3 aliphatic rings. The Morgan fingerprint density at radius 3 is 2.08 bits per heavy atom. The number of phenols is 1. The first kappa shape index (κ1) is 41.5. The van der Waals surface area contributed by atoms with Gasteiger partial charge in [0.25, 0.3) is 5.91 Å². The maximum absolute atomic E-state index is 13.9. The van der Waals surface area contributed by atoms with E-state index in [4.69, 9.17) is 4.74 Å². The molecule has 0 spiro atoms. The second-order valence-corrected chi connectivity index (χ2v) is 13.5. The summed E-state index contributed by atoms with van der Waals surface area (Å²) in [5.74, 6) is -5.87. The van der Waals surface area contributed by atoms with Gasteiger partial charge in [0.2, 0.25) is 11.6 Å². The van der Waals surface area contributed by atoms with Crippen molar-refractivity contribution in [1.29, 1.82) is 0 Å². The average molecular weight is 716 g/mol. The van der Waals surface area contributed by atoms with Gasteiger partial charge in [-0.05, 0) is 56.9 Å². The topological polar surface area (TPSA) is 188 Å². The molecular weight excluding hydrogens is 666 g/mol. The number of aromatic hydroxyl groups is 1. The minimum absolute atomic E-state index is 0.0885. The van der Waals surface area contributed by atoms with Crippen LogP contribution in [0, 0.1) is 24.7 Å². The summed E-state index contributed by atoms with van der Waals surface area (Å²) < 4.78 is 5.29. The third kappa shape index (κ3) is 9.67. The van der Waals surface area contributed by atoms with Crippen LogP contribution in [0.4, 0.5) is 0 Å². The molecule has 0 saturated carbocycles. The van der Waals surface area contributed by atoms with Crippen LogP contribution < -0.4 is 5.32 Å². The smallest absolute Gasteiger partial charge is 0.251 e. The van der Waals surface area contributed by atoms with Crippen molar-refractivity contribution in [3.05, 3.63) is 111 Å². The lowest BCUT2D eigenvalue weighted by molar-refractivity contribution is -0.118. The van der Waals surface area contributed by atoms with E-state index in [-0.39, 0.29) is 52.4 Å². The molecule has 11 heteroatoms. The van der Waals surface area contributed by atoms with Crippen LogP contribution >= 0.6 is 0 Å². The summed E-state index contributed by atoms with van der Waals surface area (Å²) in [6.45, 7) is 11.2. The third-order valence-corrected chi connectivity index (χ3v) is 9.33. The molecule has 5 N–H and O–H groups in total. The number of Topliss-reactive ketones (excluding diaryl/α,β-unsaturated/α-hetero) is 4. The number of carbonyl (C=O) groups is 5. The SMILES string of the molecule is COC1=C2NC(=O)\C(C)=C/C=C\C=C\[C@H](C)[C@@H](O)CC(=O)/C(C)=C/C[C@H](O)/C=C/[C@H](C)[C@H](O)[C@@H](C)/C=C(\C)C(=O)c3c(O)c(C)cc(c3C1=O)C2=O. The summed E-state index contributed by atoms with van der Waals surface area (Å²) in [4.78, 5) is 67.4. The highest BCUT2D eigenvalue weighted by Gasteiger charge is 2.39. The molecule has 0 unspecified atom stereocenters. The molecule has 0 fully saturated rings. The quantitative estimate of drug-likeness (QED) is 0.245. The van der Waals surface area contributed by atoms with Crippen molar-refractivity contribution >= 4 is 29.0 Å². The molecule has 278 valence electrons. The van der Waals surface area contributed by atoms with E-state index in [1.807, 2.05) is 0 Å². The molecule has 2 heterocycles. The van der Waals surface area contributed by atoms with E-state index < -0.39 is 76.2 Å². The Kier molecular flexibility index (Phi) is 14.3. The molecule has 0 radical (unpaired) electrons. The van der Waals surface area contributed by atoms with Crippen LogP contribution in [0.25, 0.3) is 0 Å². The van der Waals surface area contributed by atoms with Gasteiger partial charge in [0.1, 0.15) is 11.4 Å². The van der Waals surface area contributed by atoms with Crippen molar-refractivity contribution in [3.8, 4) is 5.75 Å². The van der Waals surface area contributed by atoms with Crippen molar-refractivity contribution < 1.29 is 49.1 Å². The summed E-state index contributed by atoms with van der Waals surface area (Å²) in [5.41, 5.74) is -0.579. The fourth-order valence-corrected chi connectivity index (χ4v) is 5.82. The number of nitrogens with one attached hydrogen (secondary N) is 1. The van der Waals surface area contributed by atoms with Crippen molar-refractivity contribution in [2.24, 2.45) is 17.8 Å². The van der Waals surface area contributed by atoms with Gasteiger partial charge in [0, 0.05) is 35.3 Å². The fourth-order valence-electron chi connectivity index (χ4n) is 5.82. The first-order valence-corrected chi connectivity index (χ1v) is 17.1. The molecule has 1 aromatic carbocycles. The number of aliphatic hydroxyl groups excluding tert-OH is 3. The second kappa shape index (κ2) is 18.0. The number of amides is 1. The molecule has 52 heavy (non-hydrogen) atoms. The van der Waals surface area contributed by atoms with Crippen LogP contribution in [0.3, 0.4) is 0 Å². The number of carbonyl (C=O) groups excluding carboxylic acids is 5. The van der Waals surface area contributed by atoms with Gasteiger partial charge >= 0.3 is 0 Å². The van der Waals surface area contributed by atoms with E-state index in [0.29, 0.717) is 5.57 Å². The molecule has 0 saturated heterocycles. The van der Waals surface area contributed by atoms with Gasteiger partial charge in [0.15, 0.2) is 17.3 Å². The molecular formula is C41H49NO10. The first-order valence-electron chi connectivity index (χ1n) is 17.1. The maximum Gasteiger partial charge on any atom is 0.251 e. The third-order valence-electron chi connectivity index (χ3n) is 9.33. The number of hydrogen-bond donors (Lipinski definition) is 5. The second-order valence-electron chi connectivity index (χ2n) is 13.5. The summed E-state index contributed by atoms with van der Waals surface area (Å²) >= 11 is 0. The number of methoxy groups -OCH3 is 1. The highest BCUT2D eigenvalue weighted by Crippen LogP contribution is 2.37. The Labute approximate surface area is 304 Å². The number of aryl methyl sites for hydroxylation is 1. The Balaban J connectivity index is 2.11. The molecule has 4 rings (SSSR count). The zero-order valence-electron chi connectivity index (χ0n) is 30.9. The van der Waals surface area contributed by atoms with Crippen molar-refractivity contribution in [2.45, 2.75) is 79.6 Å². The average Bonchev–Trinajstić information content (AvgIpc) is 3.10. The number of ketones is 4. The number of phenolic OH excluding ortho intramolecular Hbond substituents is 1. The number of allylic oxidation sites excluding steroid dienone is 8. The monoisotopic (exact) mass is 715 g/mol. The van der Waals surface area contributed by atoms with Crippen LogP contribution in [0.1, 0.15) is 91.0 Å². The van der Waals surface area contributed by atoms with Crippen LogP contribution in [-0.2, 0) is 14.3 Å². The largest absolute Gasteiger partial charge is 0.507 e. The van der Waals surface area contributed by atoms with E-state index in [0.717, 1.165) is 7.11 Å². The summed E-state index contributed by atoms with van der Waals surface area (Å²) in [7, 11) is 1.14. The molecule has 1 amide bonds. The lowest BCUT2D eigenvalue weighted by Crippen LogP contribution is -2.36. The minimum Gasteiger partial charge on any atom is -0.507 e. The predicted octanol–water partition coefficient (Wildman–Crippen LogP) is 5.10. The molecule has 4 bridgehead atoms. The Morgan fingerprint density at radius 1 is 0.750 bits per heavy atom. The Morgan fingerprint density at radius 2 is 1.42 bits per heavy atom. The molecule has 11 nitrogen and oxygen atoms in total. The van der Waals surface area contributed by atoms with E-state index in [2.05, 4.69) is 5.32 Å². The Bertz CT molecular complexity index is 1840. The normalized spacial score (nSPS) is 31.1. The van der Waals surface area contributed by atoms with Crippen molar-refractivity contribution in [3.63, 3.8) is 0 Å². The summed E-state index contributed by atoms with van der Waals surface area (Å²) in [6, 6.07) is 1.28. The lowest BCUT2D eigenvalue weighted by Gasteiger charge is -2.24. The number of rotatable bonds is 1. The molecule has 1 aliphatic carbocycles. The van der Waals surface area contributed by atoms with Gasteiger partial charge in [-0.2, -0.15) is 0 Å². The van der Waals surface area contributed by atoms with Gasteiger partial charge in [-0.3, -0.25) is 24.0 Å². The van der Waals surface area contributed by atoms with Gasteiger partial charge in [-0.15, -0.1) is 0 Å². The standard InChI is InChI=1S/C41H49NO10/c1-21-12-10-9-11-13-24(4)41(51)42-34-38(49)29-19-27(7)37(48)33(32(29)39(50)40(34)52-8)36(47)26(6)18-25(5)35(46)23(3)15-17-28(43)16-14-22(2)31(45)20-30(21)44/h9-15,17-19,21,23,25,28,30,35,43-44,46,48H,16,20H2,1-8H3,(H,42,51)/b11-9-,12-10+,17-15+,22-14+,24-13-,26-18+/t21-,23-,25-,28-,30-,35-/m0/s1. The van der Waals surface area contributed by atoms with Gasteiger partial charge in [-0.1, -0.05) is 75.5 Å². The summed E-state index contributed by atoms with van der Waals surface area (Å²) in [6.07, 6.45) is 11.3. The zero-order chi connectivity index (χ0) is 39.0.